The first-order valence-electron chi connectivity index (χ1n) is 9.42. The fraction of sp³-hybridized carbons (Fsp3) is 0.348. The number of carbonyl (C=O) groups is 1. The normalized spacial score (nSPS) is 20.0. The molecule has 3 nitrogen and oxygen atoms in total. The van der Waals surface area contributed by atoms with E-state index in [9.17, 15) is 9.18 Å². The fourth-order valence-electron chi connectivity index (χ4n) is 3.19. The van der Waals surface area contributed by atoms with E-state index in [1.807, 2.05) is 24.3 Å². The summed E-state index contributed by atoms with van der Waals surface area (Å²) in [6, 6.07) is 6.39. The molecular formula is C23H24FNO2. The maximum absolute atomic E-state index is 13.3. The maximum Gasteiger partial charge on any atom is 0.248 e. The predicted octanol–water partition coefficient (Wildman–Crippen LogP) is 3.92. The summed E-state index contributed by atoms with van der Waals surface area (Å²) in [4.78, 5) is 12.8. The van der Waals surface area contributed by atoms with E-state index in [0.29, 0.717) is 18.8 Å². The molecule has 140 valence electrons. The van der Waals surface area contributed by atoms with E-state index in [0.717, 1.165) is 30.4 Å². The molecular weight excluding hydrogens is 341 g/mol. The summed E-state index contributed by atoms with van der Waals surface area (Å²) in [5, 5.41) is 3.13. The summed E-state index contributed by atoms with van der Waals surface area (Å²) in [6.07, 6.45) is 10.2. The van der Waals surface area contributed by atoms with E-state index in [-0.39, 0.29) is 23.7 Å². The first-order chi connectivity index (χ1) is 13.2. The van der Waals surface area contributed by atoms with E-state index >= 15 is 0 Å². The standard InChI is InChI=1S/C23H24FNO2/c1-2-19-10-8-17(6-7-18-4-3-5-20(24)16-18)9-11-22(19)23(26)25-21-12-14-27-15-13-21/h3-5,8-11,16,19,21H,2,12-15H2,1H3,(H,25,26). The second-order valence-electron chi connectivity index (χ2n) is 6.74. The summed E-state index contributed by atoms with van der Waals surface area (Å²) >= 11 is 0. The molecule has 4 heteroatoms. The van der Waals surface area contributed by atoms with Crippen molar-refractivity contribution in [3.05, 3.63) is 71.1 Å². The number of hydrogen-bond acceptors (Lipinski definition) is 2. The van der Waals surface area contributed by atoms with Gasteiger partial charge in [-0.3, -0.25) is 4.79 Å². The molecule has 1 fully saturated rings. The Kier molecular flexibility index (Phi) is 6.62. The molecule has 1 aliphatic heterocycles. The van der Waals surface area contributed by atoms with Crippen molar-refractivity contribution in [1.82, 2.24) is 5.32 Å². The van der Waals surface area contributed by atoms with Gasteiger partial charge in [-0.2, -0.15) is 0 Å². The van der Waals surface area contributed by atoms with Crippen LogP contribution >= 0.6 is 0 Å². The van der Waals surface area contributed by atoms with Crippen LogP contribution in [0.4, 0.5) is 4.39 Å². The Morgan fingerprint density at radius 3 is 2.81 bits per heavy atom. The molecule has 1 atom stereocenters. The molecule has 1 N–H and O–H groups in total. The SMILES string of the molecule is CCC1C=CC(C#Cc2cccc(F)c2)=CC=C1C(=O)NC1CCOCC1. The molecule has 1 unspecified atom stereocenters. The fourth-order valence-corrected chi connectivity index (χ4v) is 3.19. The van der Waals surface area contributed by atoms with Crippen molar-refractivity contribution in [3.8, 4) is 11.8 Å². The Morgan fingerprint density at radius 1 is 1.26 bits per heavy atom. The molecule has 0 aromatic heterocycles. The van der Waals surface area contributed by atoms with Crippen LogP contribution in [0.3, 0.4) is 0 Å². The number of allylic oxidation sites excluding steroid dienone is 5. The largest absolute Gasteiger partial charge is 0.381 e. The molecule has 1 amide bonds. The van der Waals surface area contributed by atoms with Crippen LogP contribution in [-0.4, -0.2) is 25.2 Å². The monoisotopic (exact) mass is 365 g/mol. The summed E-state index contributed by atoms with van der Waals surface area (Å²) in [5.74, 6) is 5.76. The molecule has 0 bridgehead atoms. The highest BCUT2D eigenvalue weighted by Gasteiger charge is 2.22. The summed E-state index contributed by atoms with van der Waals surface area (Å²) < 4.78 is 18.6. The van der Waals surface area contributed by atoms with Gasteiger partial charge in [0.1, 0.15) is 5.82 Å². The summed E-state index contributed by atoms with van der Waals surface area (Å²) in [5.41, 5.74) is 2.18. The zero-order chi connectivity index (χ0) is 19.1. The van der Waals surface area contributed by atoms with Gasteiger partial charge in [0, 0.05) is 41.9 Å². The van der Waals surface area contributed by atoms with Gasteiger partial charge in [0.2, 0.25) is 5.91 Å². The quantitative estimate of drug-likeness (QED) is 0.825. The number of amides is 1. The first-order valence-corrected chi connectivity index (χ1v) is 9.42. The van der Waals surface area contributed by atoms with Gasteiger partial charge in [0.25, 0.3) is 0 Å². The lowest BCUT2D eigenvalue weighted by molar-refractivity contribution is -0.119. The zero-order valence-electron chi connectivity index (χ0n) is 15.5. The second kappa shape index (κ2) is 9.34. The van der Waals surface area contributed by atoms with E-state index in [2.05, 4.69) is 24.1 Å². The Morgan fingerprint density at radius 2 is 2.07 bits per heavy atom. The van der Waals surface area contributed by atoms with Crippen molar-refractivity contribution in [2.24, 2.45) is 5.92 Å². The van der Waals surface area contributed by atoms with Gasteiger partial charge in [-0.1, -0.05) is 37.0 Å². The number of rotatable bonds is 3. The van der Waals surface area contributed by atoms with Gasteiger partial charge in [-0.05, 0) is 49.6 Å². The van der Waals surface area contributed by atoms with Gasteiger partial charge < -0.3 is 10.1 Å². The topological polar surface area (TPSA) is 38.3 Å². The lowest BCUT2D eigenvalue weighted by Gasteiger charge is -2.24. The molecule has 1 saturated heterocycles. The third kappa shape index (κ3) is 5.42. The minimum absolute atomic E-state index is 0.0195. The van der Waals surface area contributed by atoms with Gasteiger partial charge in [-0.15, -0.1) is 0 Å². The number of hydrogen-bond donors (Lipinski definition) is 1. The molecule has 1 aromatic rings. The van der Waals surface area contributed by atoms with Gasteiger partial charge in [0.05, 0.1) is 0 Å². The van der Waals surface area contributed by atoms with Crippen LogP contribution in [-0.2, 0) is 9.53 Å². The number of nitrogens with one attached hydrogen (secondary N) is 1. The summed E-state index contributed by atoms with van der Waals surface area (Å²) in [6.45, 7) is 3.45. The van der Waals surface area contributed by atoms with Gasteiger partial charge >= 0.3 is 0 Å². The predicted molar refractivity (Wildman–Crippen MR) is 104 cm³/mol. The number of carbonyl (C=O) groups excluding carboxylic acids is 1. The smallest absolute Gasteiger partial charge is 0.248 e. The van der Waals surface area contributed by atoms with E-state index < -0.39 is 0 Å². The van der Waals surface area contributed by atoms with Crippen molar-refractivity contribution in [3.63, 3.8) is 0 Å². The Balaban J connectivity index is 1.76. The molecule has 2 aliphatic rings. The molecule has 0 spiro atoms. The van der Waals surface area contributed by atoms with Gasteiger partial charge in [-0.25, -0.2) is 4.39 Å². The van der Waals surface area contributed by atoms with Gasteiger partial charge in [0.15, 0.2) is 0 Å². The molecule has 0 saturated carbocycles. The minimum atomic E-state index is -0.301. The van der Waals surface area contributed by atoms with E-state index in [1.165, 1.54) is 12.1 Å². The van der Waals surface area contributed by atoms with Crippen LogP contribution in [0, 0.1) is 23.6 Å². The maximum atomic E-state index is 13.3. The molecule has 0 radical (unpaired) electrons. The Hall–Kier alpha value is -2.64. The highest BCUT2D eigenvalue weighted by molar-refractivity contribution is 5.95. The zero-order valence-corrected chi connectivity index (χ0v) is 15.5. The van der Waals surface area contributed by atoms with Crippen LogP contribution in [0.1, 0.15) is 31.7 Å². The van der Waals surface area contributed by atoms with Crippen molar-refractivity contribution in [2.75, 3.05) is 13.2 Å². The highest BCUT2D eigenvalue weighted by atomic mass is 19.1. The van der Waals surface area contributed by atoms with Crippen molar-refractivity contribution < 1.29 is 13.9 Å². The molecule has 1 heterocycles. The minimum Gasteiger partial charge on any atom is -0.381 e. The average Bonchev–Trinajstić information content (AvgIpc) is 2.89. The van der Waals surface area contributed by atoms with Crippen LogP contribution < -0.4 is 5.32 Å². The third-order valence-corrected chi connectivity index (χ3v) is 4.78. The Labute approximate surface area is 160 Å². The van der Waals surface area contributed by atoms with Crippen molar-refractivity contribution in [2.45, 2.75) is 32.2 Å². The number of benzene rings is 1. The van der Waals surface area contributed by atoms with Crippen LogP contribution in [0.25, 0.3) is 0 Å². The third-order valence-electron chi connectivity index (χ3n) is 4.78. The second-order valence-corrected chi connectivity index (χ2v) is 6.74. The number of ether oxygens (including phenoxy) is 1. The molecule has 1 aromatic carbocycles. The van der Waals surface area contributed by atoms with Crippen LogP contribution in [0.15, 0.2) is 59.7 Å². The molecule has 3 rings (SSSR count). The average molecular weight is 365 g/mol. The van der Waals surface area contributed by atoms with Crippen LogP contribution in [0.5, 0.6) is 0 Å². The highest BCUT2D eigenvalue weighted by Crippen LogP contribution is 2.22. The van der Waals surface area contributed by atoms with Crippen molar-refractivity contribution in [1.29, 1.82) is 0 Å². The van der Waals surface area contributed by atoms with Crippen LogP contribution in [0.2, 0.25) is 0 Å². The molecule has 1 aliphatic carbocycles. The first kappa shape index (κ1) is 19.1. The summed E-state index contributed by atoms with van der Waals surface area (Å²) in [7, 11) is 0. The lowest BCUT2D eigenvalue weighted by atomic mass is 9.94. The lowest BCUT2D eigenvalue weighted by Crippen LogP contribution is -2.40. The number of halogens is 1. The molecule has 27 heavy (non-hydrogen) atoms. The van der Waals surface area contributed by atoms with Crippen molar-refractivity contribution >= 4 is 5.91 Å². The Bertz CT molecular complexity index is 835. The van der Waals surface area contributed by atoms with E-state index in [1.54, 1.807) is 12.1 Å². The van der Waals surface area contributed by atoms with E-state index in [4.69, 9.17) is 4.74 Å².